The Balaban J connectivity index is 1.56. The van der Waals surface area contributed by atoms with Gasteiger partial charge >= 0.3 is 0 Å². The number of carbonyl (C=O) groups excluding carboxylic acids is 1. The normalized spacial score (nSPS) is 14.5. The zero-order valence-electron chi connectivity index (χ0n) is 17.0. The van der Waals surface area contributed by atoms with Crippen molar-refractivity contribution in [2.45, 2.75) is 24.3 Å². The summed E-state index contributed by atoms with van der Waals surface area (Å²) < 4.78 is 32.9. The summed E-state index contributed by atoms with van der Waals surface area (Å²) in [6, 6.07) is 10.1. The lowest BCUT2D eigenvalue weighted by atomic mass is 10.1. The SMILES string of the molecule is COc1ccc(-c2cc(C(=O)NCc3cccnc3)[nH]n2)cc1S(=O)(=O)N1CCCC1. The van der Waals surface area contributed by atoms with Gasteiger partial charge in [0.2, 0.25) is 10.0 Å². The molecule has 3 heterocycles. The molecule has 2 aromatic heterocycles. The number of hydrogen-bond acceptors (Lipinski definition) is 6. The van der Waals surface area contributed by atoms with Gasteiger partial charge in [-0.05, 0) is 48.7 Å². The van der Waals surface area contributed by atoms with Crippen molar-refractivity contribution in [2.75, 3.05) is 20.2 Å². The number of ether oxygens (including phenoxy) is 1. The molecule has 1 aromatic carbocycles. The molecule has 1 aliphatic heterocycles. The third-order valence-corrected chi connectivity index (χ3v) is 7.06. The van der Waals surface area contributed by atoms with Crippen LogP contribution < -0.4 is 10.1 Å². The number of carbonyl (C=O) groups is 1. The molecule has 1 saturated heterocycles. The first-order valence-electron chi connectivity index (χ1n) is 9.90. The summed E-state index contributed by atoms with van der Waals surface area (Å²) in [6.07, 6.45) is 5.04. The van der Waals surface area contributed by atoms with Gasteiger partial charge in [-0.15, -0.1) is 0 Å². The lowest BCUT2D eigenvalue weighted by Gasteiger charge is -2.18. The first kappa shape index (κ1) is 21.0. The van der Waals surface area contributed by atoms with Gasteiger partial charge in [-0.3, -0.25) is 14.9 Å². The minimum Gasteiger partial charge on any atom is -0.495 e. The highest BCUT2D eigenvalue weighted by molar-refractivity contribution is 7.89. The lowest BCUT2D eigenvalue weighted by molar-refractivity contribution is 0.0946. The summed E-state index contributed by atoms with van der Waals surface area (Å²) in [7, 11) is -2.23. The van der Waals surface area contributed by atoms with Gasteiger partial charge in [0.25, 0.3) is 5.91 Å². The van der Waals surface area contributed by atoms with Crippen molar-refractivity contribution < 1.29 is 17.9 Å². The van der Waals surface area contributed by atoms with E-state index in [-0.39, 0.29) is 22.2 Å². The van der Waals surface area contributed by atoms with Gasteiger partial charge in [-0.25, -0.2) is 8.42 Å². The molecule has 1 aliphatic rings. The molecule has 3 aromatic rings. The minimum absolute atomic E-state index is 0.0972. The molecule has 0 atom stereocenters. The van der Waals surface area contributed by atoms with Gasteiger partial charge in [-0.1, -0.05) is 6.07 Å². The van der Waals surface area contributed by atoms with Gasteiger partial charge in [-0.2, -0.15) is 9.40 Å². The monoisotopic (exact) mass is 441 g/mol. The highest BCUT2D eigenvalue weighted by Crippen LogP contribution is 2.32. The molecular formula is C21H23N5O4S. The van der Waals surface area contributed by atoms with Crippen LogP contribution in [0.15, 0.2) is 53.7 Å². The second kappa shape index (κ2) is 8.86. The molecule has 9 nitrogen and oxygen atoms in total. The summed E-state index contributed by atoms with van der Waals surface area (Å²) in [6.45, 7) is 1.33. The first-order chi connectivity index (χ1) is 15.0. The van der Waals surface area contributed by atoms with Crippen molar-refractivity contribution >= 4 is 15.9 Å². The fourth-order valence-electron chi connectivity index (χ4n) is 3.47. The van der Waals surface area contributed by atoms with Gasteiger partial charge < -0.3 is 10.1 Å². The molecule has 162 valence electrons. The highest BCUT2D eigenvalue weighted by atomic mass is 32.2. The Morgan fingerprint density at radius 3 is 2.74 bits per heavy atom. The minimum atomic E-state index is -3.68. The van der Waals surface area contributed by atoms with Crippen LogP contribution in [0.2, 0.25) is 0 Å². The number of sulfonamides is 1. The Kier molecular flexibility index (Phi) is 6.01. The fraction of sp³-hybridized carbons (Fsp3) is 0.286. The Morgan fingerprint density at radius 1 is 1.23 bits per heavy atom. The van der Waals surface area contributed by atoms with Crippen LogP contribution in [0.5, 0.6) is 5.75 Å². The smallest absolute Gasteiger partial charge is 0.269 e. The van der Waals surface area contributed by atoms with Gasteiger partial charge in [0.1, 0.15) is 16.3 Å². The number of amides is 1. The van der Waals surface area contributed by atoms with E-state index in [0.717, 1.165) is 18.4 Å². The summed E-state index contributed by atoms with van der Waals surface area (Å²) in [5.74, 6) is -0.0401. The maximum absolute atomic E-state index is 13.1. The molecule has 4 rings (SSSR count). The molecule has 0 bridgehead atoms. The summed E-state index contributed by atoms with van der Waals surface area (Å²) in [4.78, 5) is 16.6. The Labute approximate surface area is 180 Å². The number of methoxy groups -OCH3 is 1. The molecule has 0 saturated carbocycles. The van der Waals surface area contributed by atoms with Crippen molar-refractivity contribution in [3.63, 3.8) is 0 Å². The number of hydrogen-bond donors (Lipinski definition) is 2. The standard InChI is InChI=1S/C21H23N5O4S/c1-30-19-7-6-16(11-20(19)31(28,29)26-9-2-3-10-26)17-12-18(25-24-17)21(27)23-14-15-5-4-8-22-13-15/h4-8,11-13H,2-3,9-10,14H2,1H3,(H,23,27)(H,24,25). The molecule has 0 radical (unpaired) electrons. The van der Waals surface area contributed by atoms with Crippen LogP contribution in [0.4, 0.5) is 0 Å². The van der Waals surface area contributed by atoms with E-state index in [1.165, 1.54) is 11.4 Å². The maximum Gasteiger partial charge on any atom is 0.269 e. The first-order valence-corrected chi connectivity index (χ1v) is 11.3. The van der Waals surface area contributed by atoms with Crippen molar-refractivity contribution in [1.29, 1.82) is 0 Å². The average Bonchev–Trinajstić information content (AvgIpc) is 3.51. The number of nitrogens with one attached hydrogen (secondary N) is 2. The van der Waals surface area contributed by atoms with E-state index >= 15 is 0 Å². The zero-order chi connectivity index (χ0) is 21.8. The molecule has 10 heteroatoms. The Hall–Kier alpha value is -3.24. The van der Waals surface area contributed by atoms with Gasteiger partial charge in [0.15, 0.2) is 0 Å². The van der Waals surface area contributed by atoms with E-state index < -0.39 is 10.0 Å². The maximum atomic E-state index is 13.1. The quantitative estimate of drug-likeness (QED) is 0.580. The molecule has 1 amide bonds. The molecule has 0 aliphatic carbocycles. The van der Waals surface area contributed by atoms with Crippen molar-refractivity contribution in [3.8, 4) is 17.0 Å². The third-order valence-electron chi connectivity index (χ3n) is 5.14. The van der Waals surface area contributed by atoms with Crippen molar-refractivity contribution in [3.05, 3.63) is 60.0 Å². The van der Waals surface area contributed by atoms with Crippen molar-refractivity contribution in [1.82, 2.24) is 24.8 Å². The Morgan fingerprint density at radius 2 is 2.03 bits per heavy atom. The number of rotatable bonds is 7. The largest absolute Gasteiger partial charge is 0.495 e. The van der Waals surface area contributed by atoms with E-state index in [1.807, 2.05) is 6.07 Å². The fourth-order valence-corrected chi connectivity index (χ4v) is 5.17. The third kappa shape index (κ3) is 4.44. The number of nitrogens with zero attached hydrogens (tertiary/aromatic N) is 3. The van der Waals surface area contributed by atoms with Gasteiger partial charge in [0.05, 0.1) is 12.8 Å². The average molecular weight is 442 g/mol. The highest BCUT2D eigenvalue weighted by Gasteiger charge is 2.30. The van der Waals surface area contributed by atoms with E-state index in [1.54, 1.807) is 42.7 Å². The predicted octanol–water partition coefficient (Wildman–Crippen LogP) is 2.19. The van der Waals surface area contributed by atoms with Crippen LogP contribution in [0.3, 0.4) is 0 Å². The topological polar surface area (TPSA) is 117 Å². The number of H-pyrrole nitrogens is 1. The van der Waals surface area contributed by atoms with E-state index in [4.69, 9.17) is 4.74 Å². The molecule has 31 heavy (non-hydrogen) atoms. The second-order valence-electron chi connectivity index (χ2n) is 7.19. The van der Waals surface area contributed by atoms with Crippen LogP contribution in [-0.4, -0.2) is 54.0 Å². The molecular weight excluding hydrogens is 418 g/mol. The summed E-state index contributed by atoms with van der Waals surface area (Å²) >= 11 is 0. The molecule has 2 N–H and O–H groups in total. The zero-order valence-corrected chi connectivity index (χ0v) is 17.9. The van der Waals surface area contributed by atoms with Crippen LogP contribution in [-0.2, 0) is 16.6 Å². The van der Waals surface area contributed by atoms with Crippen LogP contribution in [0.1, 0.15) is 28.9 Å². The van der Waals surface area contributed by atoms with Crippen molar-refractivity contribution in [2.24, 2.45) is 0 Å². The molecule has 0 unspecified atom stereocenters. The Bertz CT molecular complexity index is 1170. The van der Waals surface area contributed by atoms with Crippen LogP contribution >= 0.6 is 0 Å². The van der Waals surface area contributed by atoms with Crippen LogP contribution in [0, 0.1) is 0 Å². The lowest BCUT2D eigenvalue weighted by Crippen LogP contribution is -2.28. The number of aromatic nitrogens is 3. The van der Waals surface area contributed by atoms with E-state index in [2.05, 4.69) is 20.5 Å². The molecule has 1 fully saturated rings. The number of pyridine rings is 1. The number of aromatic amines is 1. The predicted molar refractivity (Wildman–Crippen MR) is 114 cm³/mol. The van der Waals surface area contributed by atoms with E-state index in [0.29, 0.717) is 30.9 Å². The van der Waals surface area contributed by atoms with Gasteiger partial charge in [0, 0.05) is 37.6 Å². The number of benzene rings is 1. The molecule has 0 spiro atoms. The van der Waals surface area contributed by atoms with Crippen LogP contribution in [0.25, 0.3) is 11.3 Å². The summed E-state index contributed by atoms with van der Waals surface area (Å²) in [5, 5.41) is 9.70. The summed E-state index contributed by atoms with van der Waals surface area (Å²) in [5.41, 5.74) is 2.19. The van der Waals surface area contributed by atoms with E-state index in [9.17, 15) is 13.2 Å². The second-order valence-corrected chi connectivity index (χ2v) is 9.09.